The number of H-pyrrole nitrogens is 1. The molecule has 0 aliphatic heterocycles. The SMILES string of the molecule is CNS(=O)(=O)c1ccccc1NCc1ccc[nH]1. The molecule has 96 valence electrons. The van der Waals surface area contributed by atoms with Gasteiger partial charge in [-0.15, -0.1) is 0 Å². The van der Waals surface area contributed by atoms with Gasteiger partial charge < -0.3 is 10.3 Å². The van der Waals surface area contributed by atoms with Crippen molar-refractivity contribution < 1.29 is 8.42 Å². The number of anilines is 1. The molecule has 3 N–H and O–H groups in total. The van der Waals surface area contributed by atoms with Crippen LogP contribution in [0.1, 0.15) is 5.69 Å². The molecule has 0 fully saturated rings. The highest BCUT2D eigenvalue weighted by Crippen LogP contribution is 2.20. The van der Waals surface area contributed by atoms with Gasteiger partial charge in [-0.3, -0.25) is 0 Å². The average Bonchev–Trinajstić information content (AvgIpc) is 2.90. The first-order valence-electron chi connectivity index (χ1n) is 5.52. The van der Waals surface area contributed by atoms with Crippen molar-refractivity contribution in [3.05, 3.63) is 48.3 Å². The van der Waals surface area contributed by atoms with Gasteiger partial charge in [-0.1, -0.05) is 12.1 Å². The van der Waals surface area contributed by atoms with Crippen molar-refractivity contribution in [2.45, 2.75) is 11.4 Å². The van der Waals surface area contributed by atoms with Gasteiger partial charge in [-0.2, -0.15) is 0 Å². The molecular formula is C12H15N3O2S. The first-order chi connectivity index (χ1) is 8.63. The second kappa shape index (κ2) is 5.24. The summed E-state index contributed by atoms with van der Waals surface area (Å²) in [5, 5.41) is 3.11. The lowest BCUT2D eigenvalue weighted by molar-refractivity contribution is 0.588. The maximum atomic E-state index is 11.8. The van der Waals surface area contributed by atoms with E-state index in [0.717, 1.165) is 5.69 Å². The molecule has 5 nitrogen and oxygen atoms in total. The first-order valence-corrected chi connectivity index (χ1v) is 7.00. The molecule has 0 amide bonds. The van der Waals surface area contributed by atoms with Crippen molar-refractivity contribution in [1.82, 2.24) is 9.71 Å². The van der Waals surface area contributed by atoms with Crippen molar-refractivity contribution in [2.75, 3.05) is 12.4 Å². The Hall–Kier alpha value is -1.79. The molecule has 2 aromatic rings. The molecule has 0 radical (unpaired) electrons. The van der Waals surface area contributed by atoms with E-state index in [4.69, 9.17) is 0 Å². The number of hydrogen-bond acceptors (Lipinski definition) is 3. The zero-order valence-electron chi connectivity index (χ0n) is 9.97. The van der Waals surface area contributed by atoms with Gasteiger partial charge in [-0.05, 0) is 31.3 Å². The second-order valence-electron chi connectivity index (χ2n) is 3.75. The second-order valence-corrected chi connectivity index (χ2v) is 5.61. The van der Waals surface area contributed by atoms with Crippen LogP contribution in [0.25, 0.3) is 0 Å². The van der Waals surface area contributed by atoms with Crippen LogP contribution in [0.3, 0.4) is 0 Å². The van der Waals surface area contributed by atoms with E-state index in [1.54, 1.807) is 24.3 Å². The van der Waals surface area contributed by atoms with E-state index in [0.29, 0.717) is 12.2 Å². The fourth-order valence-electron chi connectivity index (χ4n) is 1.62. The summed E-state index contributed by atoms with van der Waals surface area (Å²) >= 11 is 0. The topological polar surface area (TPSA) is 74.0 Å². The third-order valence-corrected chi connectivity index (χ3v) is 4.05. The van der Waals surface area contributed by atoms with Gasteiger partial charge in [0.15, 0.2) is 0 Å². The molecule has 0 aliphatic rings. The fraction of sp³-hybridized carbons (Fsp3) is 0.167. The molecule has 18 heavy (non-hydrogen) atoms. The Kier molecular flexibility index (Phi) is 3.69. The number of para-hydroxylation sites is 1. The van der Waals surface area contributed by atoms with Crippen LogP contribution < -0.4 is 10.0 Å². The van der Waals surface area contributed by atoms with Crippen molar-refractivity contribution in [3.8, 4) is 0 Å². The van der Waals surface area contributed by atoms with E-state index >= 15 is 0 Å². The summed E-state index contributed by atoms with van der Waals surface area (Å²) in [4.78, 5) is 3.30. The zero-order chi connectivity index (χ0) is 13.0. The Morgan fingerprint density at radius 1 is 1.17 bits per heavy atom. The number of sulfonamides is 1. The summed E-state index contributed by atoms with van der Waals surface area (Å²) in [7, 11) is -2.04. The number of nitrogens with one attached hydrogen (secondary N) is 3. The third kappa shape index (κ3) is 2.72. The lowest BCUT2D eigenvalue weighted by atomic mass is 10.3. The first kappa shape index (κ1) is 12.7. The maximum Gasteiger partial charge on any atom is 0.242 e. The van der Waals surface area contributed by atoms with Gasteiger partial charge in [0, 0.05) is 11.9 Å². The minimum Gasteiger partial charge on any atom is -0.378 e. The highest BCUT2D eigenvalue weighted by atomic mass is 32.2. The van der Waals surface area contributed by atoms with Crippen LogP contribution >= 0.6 is 0 Å². The van der Waals surface area contributed by atoms with Gasteiger partial charge in [0.05, 0.1) is 12.2 Å². The number of benzene rings is 1. The van der Waals surface area contributed by atoms with Gasteiger partial charge in [0.2, 0.25) is 10.0 Å². The number of aromatic nitrogens is 1. The van der Waals surface area contributed by atoms with E-state index in [9.17, 15) is 8.42 Å². The predicted molar refractivity (Wildman–Crippen MR) is 70.8 cm³/mol. The number of aromatic amines is 1. The van der Waals surface area contributed by atoms with Crippen molar-refractivity contribution in [1.29, 1.82) is 0 Å². The Morgan fingerprint density at radius 3 is 2.61 bits per heavy atom. The standard InChI is InChI=1S/C12H15N3O2S/c1-13-18(16,17)12-7-3-2-6-11(12)15-9-10-5-4-8-14-10/h2-8,13-15H,9H2,1H3. The van der Waals surface area contributed by atoms with E-state index in [-0.39, 0.29) is 4.90 Å². The molecule has 2 rings (SSSR count). The lowest BCUT2D eigenvalue weighted by Gasteiger charge is -2.11. The van der Waals surface area contributed by atoms with Crippen molar-refractivity contribution >= 4 is 15.7 Å². The molecule has 0 atom stereocenters. The summed E-state index contributed by atoms with van der Waals surface area (Å²) in [6.45, 7) is 0.545. The molecule has 0 unspecified atom stereocenters. The molecule has 0 aliphatic carbocycles. The Morgan fingerprint density at radius 2 is 1.94 bits per heavy atom. The zero-order valence-corrected chi connectivity index (χ0v) is 10.8. The molecule has 1 heterocycles. The summed E-state index contributed by atoms with van der Waals surface area (Å²) in [5.41, 5.74) is 1.58. The van der Waals surface area contributed by atoms with Crippen LogP contribution in [-0.4, -0.2) is 20.4 Å². The fourth-order valence-corrected chi connectivity index (χ4v) is 2.53. The lowest BCUT2D eigenvalue weighted by Crippen LogP contribution is -2.20. The molecule has 1 aromatic carbocycles. The smallest absolute Gasteiger partial charge is 0.242 e. The highest BCUT2D eigenvalue weighted by Gasteiger charge is 2.15. The minimum absolute atomic E-state index is 0.249. The van der Waals surface area contributed by atoms with E-state index < -0.39 is 10.0 Å². The third-order valence-electron chi connectivity index (χ3n) is 2.58. The predicted octanol–water partition coefficient (Wildman–Crippen LogP) is 1.53. The Bertz CT molecular complexity index is 606. The van der Waals surface area contributed by atoms with Crippen LogP contribution in [-0.2, 0) is 16.6 Å². The molecule has 6 heteroatoms. The van der Waals surface area contributed by atoms with Crippen molar-refractivity contribution in [3.63, 3.8) is 0 Å². The van der Waals surface area contributed by atoms with Crippen LogP contribution in [0.5, 0.6) is 0 Å². The van der Waals surface area contributed by atoms with Crippen LogP contribution in [0.4, 0.5) is 5.69 Å². The average molecular weight is 265 g/mol. The normalized spacial score (nSPS) is 11.4. The summed E-state index contributed by atoms with van der Waals surface area (Å²) in [6.07, 6.45) is 1.83. The number of rotatable bonds is 5. The van der Waals surface area contributed by atoms with Crippen LogP contribution in [0.2, 0.25) is 0 Å². The molecular weight excluding hydrogens is 250 g/mol. The van der Waals surface area contributed by atoms with E-state index in [1.807, 2.05) is 18.3 Å². The van der Waals surface area contributed by atoms with Gasteiger partial charge in [0.1, 0.15) is 4.90 Å². The molecule has 0 spiro atoms. The summed E-state index contributed by atoms with van der Waals surface area (Å²) in [5.74, 6) is 0. The van der Waals surface area contributed by atoms with E-state index in [2.05, 4.69) is 15.0 Å². The Balaban J connectivity index is 2.23. The quantitative estimate of drug-likeness (QED) is 0.767. The van der Waals surface area contributed by atoms with Crippen LogP contribution in [0, 0.1) is 0 Å². The van der Waals surface area contributed by atoms with Crippen LogP contribution in [0.15, 0.2) is 47.5 Å². The van der Waals surface area contributed by atoms with Gasteiger partial charge in [-0.25, -0.2) is 13.1 Å². The van der Waals surface area contributed by atoms with Crippen molar-refractivity contribution in [2.24, 2.45) is 0 Å². The molecule has 1 aromatic heterocycles. The number of hydrogen-bond donors (Lipinski definition) is 3. The molecule has 0 saturated heterocycles. The highest BCUT2D eigenvalue weighted by molar-refractivity contribution is 7.89. The minimum atomic E-state index is -3.44. The summed E-state index contributed by atoms with van der Waals surface area (Å²) in [6, 6.07) is 10.6. The monoisotopic (exact) mass is 265 g/mol. The van der Waals surface area contributed by atoms with Gasteiger partial charge in [0.25, 0.3) is 0 Å². The maximum absolute atomic E-state index is 11.8. The molecule has 0 saturated carbocycles. The van der Waals surface area contributed by atoms with E-state index in [1.165, 1.54) is 7.05 Å². The Labute approximate surface area is 106 Å². The van der Waals surface area contributed by atoms with Gasteiger partial charge >= 0.3 is 0 Å². The largest absolute Gasteiger partial charge is 0.378 e. The summed E-state index contributed by atoms with van der Waals surface area (Å²) < 4.78 is 26.0. The molecule has 0 bridgehead atoms.